The number of aryl methyl sites for hydroxylation is 1. The van der Waals surface area contributed by atoms with E-state index in [9.17, 15) is 0 Å². The minimum Gasteiger partial charge on any atom is -0.369 e. The van der Waals surface area contributed by atoms with Crippen molar-refractivity contribution >= 4 is 21.7 Å². The molecule has 0 aromatic carbocycles. The average molecular weight is 324 g/mol. The summed E-state index contributed by atoms with van der Waals surface area (Å²) < 4.78 is 2.82. The number of hydrogen-bond acceptors (Lipinski definition) is 4. The van der Waals surface area contributed by atoms with Crippen LogP contribution in [0.4, 0.5) is 5.82 Å². The molecule has 2 aromatic heterocycles. The van der Waals surface area contributed by atoms with Gasteiger partial charge in [-0.05, 0) is 34.8 Å². The third kappa shape index (κ3) is 3.32. The molecule has 0 aliphatic heterocycles. The van der Waals surface area contributed by atoms with Crippen LogP contribution >= 0.6 is 15.9 Å². The van der Waals surface area contributed by atoms with Crippen LogP contribution in [0.3, 0.4) is 0 Å². The van der Waals surface area contributed by atoms with Crippen molar-refractivity contribution in [2.24, 2.45) is 0 Å². The third-order valence-corrected chi connectivity index (χ3v) is 3.25. The van der Waals surface area contributed by atoms with E-state index in [1.54, 1.807) is 12.4 Å². The Morgan fingerprint density at radius 1 is 1.32 bits per heavy atom. The van der Waals surface area contributed by atoms with E-state index in [-0.39, 0.29) is 0 Å². The van der Waals surface area contributed by atoms with Gasteiger partial charge in [-0.1, -0.05) is 13.8 Å². The molecular formula is C13H18BrN5. The molecule has 0 atom stereocenters. The fourth-order valence-electron chi connectivity index (χ4n) is 1.77. The number of aromatic nitrogens is 4. The van der Waals surface area contributed by atoms with Crippen molar-refractivity contribution in [3.8, 4) is 11.5 Å². The van der Waals surface area contributed by atoms with E-state index < -0.39 is 0 Å². The van der Waals surface area contributed by atoms with Crippen molar-refractivity contribution < 1.29 is 0 Å². The topological polar surface area (TPSA) is 55.6 Å². The second-order valence-corrected chi connectivity index (χ2v) is 5.11. The van der Waals surface area contributed by atoms with Crippen LogP contribution in [0, 0.1) is 0 Å². The van der Waals surface area contributed by atoms with Crippen molar-refractivity contribution in [2.45, 2.75) is 33.2 Å². The maximum Gasteiger partial charge on any atom is 0.179 e. The molecule has 0 saturated heterocycles. The Bertz CT molecular complexity index is 538. The molecule has 0 aliphatic carbocycles. The predicted molar refractivity (Wildman–Crippen MR) is 80.0 cm³/mol. The summed E-state index contributed by atoms with van der Waals surface area (Å²) in [7, 11) is 0. The summed E-state index contributed by atoms with van der Waals surface area (Å²) in [6, 6.07) is 1.95. The lowest BCUT2D eigenvalue weighted by Crippen LogP contribution is -2.07. The van der Waals surface area contributed by atoms with E-state index in [4.69, 9.17) is 0 Å². The highest BCUT2D eigenvalue weighted by molar-refractivity contribution is 9.10. The van der Waals surface area contributed by atoms with E-state index in [1.807, 2.05) is 10.7 Å². The third-order valence-electron chi connectivity index (χ3n) is 2.67. The Hall–Kier alpha value is -1.43. The number of hydrogen-bond donors (Lipinski definition) is 1. The normalized spacial score (nSPS) is 10.7. The summed E-state index contributed by atoms with van der Waals surface area (Å²) in [6.45, 7) is 6.02. The first-order valence-electron chi connectivity index (χ1n) is 6.54. The van der Waals surface area contributed by atoms with Crippen LogP contribution < -0.4 is 5.32 Å². The van der Waals surface area contributed by atoms with E-state index in [0.717, 1.165) is 41.9 Å². The van der Waals surface area contributed by atoms with Gasteiger partial charge in [-0.3, -0.25) is 4.68 Å². The van der Waals surface area contributed by atoms with E-state index in [1.165, 1.54) is 0 Å². The molecule has 0 spiro atoms. The van der Waals surface area contributed by atoms with Crippen LogP contribution in [-0.4, -0.2) is 26.3 Å². The summed E-state index contributed by atoms with van der Waals surface area (Å²) in [6.07, 6.45) is 5.66. The van der Waals surface area contributed by atoms with Crippen LogP contribution in [0.25, 0.3) is 11.5 Å². The summed E-state index contributed by atoms with van der Waals surface area (Å²) in [5.74, 6) is 1.53. The molecule has 0 unspecified atom stereocenters. The van der Waals surface area contributed by atoms with Crippen LogP contribution in [-0.2, 0) is 6.54 Å². The van der Waals surface area contributed by atoms with E-state index >= 15 is 0 Å². The smallest absolute Gasteiger partial charge is 0.179 e. The molecule has 102 valence electrons. The van der Waals surface area contributed by atoms with Crippen molar-refractivity contribution in [1.29, 1.82) is 0 Å². The highest BCUT2D eigenvalue weighted by Crippen LogP contribution is 2.23. The van der Waals surface area contributed by atoms with Gasteiger partial charge in [0.05, 0.1) is 4.47 Å². The summed E-state index contributed by atoms with van der Waals surface area (Å²) in [4.78, 5) is 8.94. The fourth-order valence-corrected chi connectivity index (χ4v) is 2.10. The van der Waals surface area contributed by atoms with Gasteiger partial charge in [0.15, 0.2) is 5.82 Å². The quantitative estimate of drug-likeness (QED) is 0.885. The van der Waals surface area contributed by atoms with Crippen molar-refractivity contribution in [3.05, 3.63) is 22.9 Å². The predicted octanol–water partition coefficient (Wildman–Crippen LogP) is 3.33. The monoisotopic (exact) mass is 323 g/mol. The van der Waals surface area contributed by atoms with Gasteiger partial charge in [-0.15, -0.1) is 0 Å². The van der Waals surface area contributed by atoms with Gasteiger partial charge < -0.3 is 5.32 Å². The molecule has 2 rings (SSSR count). The Kier molecular flexibility index (Phi) is 4.90. The van der Waals surface area contributed by atoms with Crippen molar-refractivity contribution in [2.75, 3.05) is 11.9 Å². The number of halogens is 1. The number of nitrogens with one attached hydrogen (secondary N) is 1. The van der Waals surface area contributed by atoms with E-state index in [0.29, 0.717) is 5.82 Å². The highest BCUT2D eigenvalue weighted by Gasteiger charge is 2.10. The molecule has 0 bridgehead atoms. The molecule has 2 heterocycles. The first kappa shape index (κ1) is 14.0. The van der Waals surface area contributed by atoms with Crippen LogP contribution in [0.2, 0.25) is 0 Å². The average Bonchev–Trinajstić information content (AvgIpc) is 2.87. The maximum atomic E-state index is 4.57. The lowest BCUT2D eigenvalue weighted by Gasteiger charge is -2.09. The fraction of sp³-hybridized carbons (Fsp3) is 0.462. The Morgan fingerprint density at radius 3 is 2.89 bits per heavy atom. The van der Waals surface area contributed by atoms with Gasteiger partial charge in [-0.25, -0.2) is 9.97 Å². The number of anilines is 1. The van der Waals surface area contributed by atoms with Crippen LogP contribution in [0.15, 0.2) is 22.9 Å². The first-order valence-corrected chi connectivity index (χ1v) is 7.34. The van der Waals surface area contributed by atoms with Gasteiger partial charge in [0.1, 0.15) is 11.5 Å². The zero-order valence-electron chi connectivity index (χ0n) is 11.2. The van der Waals surface area contributed by atoms with E-state index in [2.05, 4.69) is 50.2 Å². The molecule has 0 radical (unpaired) electrons. The molecule has 19 heavy (non-hydrogen) atoms. The molecule has 6 heteroatoms. The van der Waals surface area contributed by atoms with Crippen LogP contribution in [0.1, 0.15) is 26.7 Å². The Balaban J connectivity index is 2.31. The second-order valence-electron chi connectivity index (χ2n) is 4.26. The number of rotatable bonds is 6. The second kappa shape index (κ2) is 6.65. The number of nitrogens with zero attached hydrogens (tertiary/aromatic N) is 4. The zero-order valence-corrected chi connectivity index (χ0v) is 12.8. The van der Waals surface area contributed by atoms with Crippen molar-refractivity contribution in [3.63, 3.8) is 0 Å². The Morgan fingerprint density at radius 2 is 2.16 bits per heavy atom. The molecular weight excluding hydrogens is 306 g/mol. The standard InChI is InChI=1S/C13H18BrN5/c1-3-6-15-12-10(14)9-16-13(18-12)11-5-7-17-19(11)8-4-2/h5,7,9H,3-4,6,8H2,1-2H3,(H,15,16,18). The lowest BCUT2D eigenvalue weighted by molar-refractivity contribution is 0.606. The summed E-state index contributed by atoms with van der Waals surface area (Å²) >= 11 is 3.46. The minimum absolute atomic E-state index is 0.702. The largest absolute Gasteiger partial charge is 0.369 e. The first-order chi connectivity index (χ1) is 9.26. The molecule has 0 fully saturated rings. The Labute approximate surface area is 121 Å². The van der Waals surface area contributed by atoms with Crippen LogP contribution in [0.5, 0.6) is 0 Å². The molecule has 5 nitrogen and oxygen atoms in total. The van der Waals surface area contributed by atoms with Crippen molar-refractivity contribution in [1.82, 2.24) is 19.7 Å². The van der Waals surface area contributed by atoms with Gasteiger partial charge in [0.2, 0.25) is 0 Å². The minimum atomic E-state index is 0.702. The summed E-state index contributed by atoms with van der Waals surface area (Å²) in [5, 5.41) is 7.59. The molecule has 0 amide bonds. The highest BCUT2D eigenvalue weighted by atomic mass is 79.9. The van der Waals surface area contributed by atoms with Gasteiger partial charge in [0.25, 0.3) is 0 Å². The summed E-state index contributed by atoms with van der Waals surface area (Å²) in [5.41, 5.74) is 0.953. The molecule has 2 aromatic rings. The lowest BCUT2D eigenvalue weighted by atomic mass is 10.3. The molecule has 0 saturated carbocycles. The SMILES string of the molecule is CCCNc1nc(-c2ccnn2CCC)ncc1Br. The van der Waals surface area contributed by atoms with Gasteiger partial charge >= 0.3 is 0 Å². The zero-order chi connectivity index (χ0) is 13.7. The molecule has 1 N–H and O–H groups in total. The maximum absolute atomic E-state index is 4.57. The molecule has 0 aliphatic rings. The van der Waals surface area contributed by atoms with Gasteiger partial charge in [0, 0.05) is 25.5 Å². The van der Waals surface area contributed by atoms with Gasteiger partial charge in [-0.2, -0.15) is 5.10 Å².